The Labute approximate surface area is 97.5 Å². The molecule has 0 saturated carbocycles. The molecule has 0 aromatic heterocycles. The van der Waals surface area contributed by atoms with Crippen LogP contribution in [-0.4, -0.2) is 21.3 Å². The normalized spacial score (nSPS) is 12.3. The first kappa shape index (κ1) is 12.6. The molecule has 2 heteroatoms. The zero-order valence-corrected chi connectivity index (χ0v) is 13.5. The van der Waals surface area contributed by atoms with Crippen LogP contribution in [0.4, 0.5) is 0 Å². The molecule has 1 rings (SSSR count). The number of terminal acetylenes is 1. The van der Waals surface area contributed by atoms with Crippen LogP contribution in [-0.2, 0) is 0 Å². The minimum atomic E-state index is -1.65. The van der Waals surface area contributed by atoms with Gasteiger partial charge >= 0.3 is 97.5 Å². The number of benzene rings is 1. The second-order valence-electron chi connectivity index (χ2n) is 5.60. The van der Waals surface area contributed by atoms with Crippen LogP contribution in [0.2, 0.25) is 30.4 Å². The molecular formula is C13H20GeSi. The number of hydrogen-bond acceptors (Lipinski definition) is 0. The van der Waals surface area contributed by atoms with E-state index in [0.29, 0.717) is 0 Å². The van der Waals surface area contributed by atoms with Crippen molar-refractivity contribution in [3.8, 4) is 12.0 Å². The van der Waals surface area contributed by atoms with Gasteiger partial charge in [-0.15, -0.1) is 0 Å². The Morgan fingerprint density at radius 1 is 1.07 bits per heavy atom. The molecule has 0 fully saturated rings. The van der Waals surface area contributed by atoms with E-state index in [2.05, 4.69) is 60.2 Å². The second kappa shape index (κ2) is 4.19. The van der Waals surface area contributed by atoms with E-state index >= 15 is 0 Å². The fourth-order valence-corrected chi connectivity index (χ4v) is 5.08. The zero-order chi connectivity index (χ0) is 11.7. The Morgan fingerprint density at radius 2 is 1.53 bits per heavy atom. The Kier molecular flexibility index (Phi) is 3.52. The van der Waals surface area contributed by atoms with Gasteiger partial charge in [0.15, 0.2) is 0 Å². The zero-order valence-electron chi connectivity index (χ0n) is 10.4. The summed E-state index contributed by atoms with van der Waals surface area (Å²) >= 11 is -1.65. The summed E-state index contributed by atoms with van der Waals surface area (Å²) in [5.41, 5.74) is 2.97. The quantitative estimate of drug-likeness (QED) is 0.575. The molecule has 1 aromatic rings. The Bertz CT molecular complexity index is 376. The van der Waals surface area contributed by atoms with Gasteiger partial charge in [-0.3, -0.25) is 0 Å². The van der Waals surface area contributed by atoms with Gasteiger partial charge in [0.2, 0.25) is 0 Å². The summed E-state index contributed by atoms with van der Waals surface area (Å²) in [5.74, 6) is 7.25. The van der Waals surface area contributed by atoms with E-state index in [1.165, 1.54) is 5.19 Å². The standard InChI is InChI=1S/C13H20GeSi/c1-7-15(5,6)13-10-8-12(9-11-13)14(2,3)4/h1,8-11H,2-6H3. The third-order valence-corrected chi connectivity index (χ3v) is 9.67. The maximum absolute atomic E-state index is 5.59. The average molecular weight is 277 g/mol. The molecule has 0 unspecified atom stereocenters. The number of rotatable bonds is 2. The van der Waals surface area contributed by atoms with Crippen LogP contribution in [0.3, 0.4) is 0 Å². The van der Waals surface area contributed by atoms with E-state index in [9.17, 15) is 0 Å². The van der Waals surface area contributed by atoms with Crippen LogP contribution in [0, 0.1) is 12.0 Å². The minimum absolute atomic E-state index is 1.38. The molecule has 0 atom stereocenters. The summed E-state index contributed by atoms with van der Waals surface area (Å²) in [6.07, 6.45) is 5.59. The van der Waals surface area contributed by atoms with Crippen molar-refractivity contribution in [2.75, 3.05) is 0 Å². The monoisotopic (exact) mass is 278 g/mol. The van der Waals surface area contributed by atoms with Gasteiger partial charge in [0.1, 0.15) is 0 Å². The molecule has 15 heavy (non-hydrogen) atoms. The van der Waals surface area contributed by atoms with E-state index in [1.54, 1.807) is 4.40 Å². The Morgan fingerprint density at radius 3 is 1.87 bits per heavy atom. The predicted molar refractivity (Wildman–Crippen MR) is 75.4 cm³/mol. The van der Waals surface area contributed by atoms with E-state index in [1.807, 2.05) is 0 Å². The maximum atomic E-state index is 5.59. The molecule has 0 spiro atoms. The van der Waals surface area contributed by atoms with Gasteiger partial charge in [0, 0.05) is 0 Å². The van der Waals surface area contributed by atoms with Crippen molar-refractivity contribution in [3.63, 3.8) is 0 Å². The van der Waals surface area contributed by atoms with Crippen molar-refractivity contribution in [2.24, 2.45) is 0 Å². The molecule has 80 valence electrons. The van der Waals surface area contributed by atoms with E-state index < -0.39 is 21.3 Å². The summed E-state index contributed by atoms with van der Waals surface area (Å²) in [6.45, 7) is 4.45. The summed E-state index contributed by atoms with van der Waals surface area (Å²) < 4.78 is 1.56. The predicted octanol–water partition coefficient (Wildman–Crippen LogP) is 2.32. The molecule has 0 N–H and O–H groups in total. The Balaban J connectivity index is 3.08. The molecule has 0 aliphatic heterocycles. The van der Waals surface area contributed by atoms with E-state index in [0.717, 1.165) is 0 Å². The molecule has 0 heterocycles. The van der Waals surface area contributed by atoms with Crippen LogP contribution >= 0.6 is 0 Å². The van der Waals surface area contributed by atoms with E-state index in [-0.39, 0.29) is 0 Å². The molecule has 0 saturated heterocycles. The van der Waals surface area contributed by atoms with Gasteiger partial charge < -0.3 is 0 Å². The third-order valence-electron chi connectivity index (χ3n) is 2.83. The molecule has 0 nitrogen and oxygen atoms in total. The SMILES string of the molecule is C#C[Si](C)(C)c1cc[c]([Ge]([CH3])([CH3])[CH3])cc1. The first-order valence-corrected chi connectivity index (χ1v) is 15.7. The topological polar surface area (TPSA) is 0 Å². The second-order valence-corrected chi connectivity index (χ2v) is 20.4. The van der Waals surface area contributed by atoms with Crippen LogP contribution < -0.4 is 9.58 Å². The first-order chi connectivity index (χ1) is 6.77. The summed E-state index contributed by atoms with van der Waals surface area (Å²) in [4.78, 5) is 0. The van der Waals surface area contributed by atoms with Crippen molar-refractivity contribution >= 4 is 30.9 Å². The van der Waals surface area contributed by atoms with Crippen LogP contribution in [0.25, 0.3) is 0 Å². The van der Waals surface area contributed by atoms with Crippen molar-refractivity contribution < 1.29 is 0 Å². The molecule has 0 aliphatic rings. The first-order valence-electron chi connectivity index (χ1n) is 5.36. The van der Waals surface area contributed by atoms with Crippen molar-refractivity contribution in [1.82, 2.24) is 0 Å². The molecule has 0 radical (unpaired) electrons. The number of hydrogen-bond donors (Lipinski definition) is 0. The Hall–Kier alpha value is -0.460. The molecule has 1 aromatic carbocycles. The van der Waals surface area contributed by atoms with Gasteiger partial charge in [0.05, 0.1) is 0 Å². The van der Waals surface area contributed by atoms with Gasteiger partial charge in [-0.1, -0.05) is 0 Å². The van der Waals surface area contributed by atoms with Crippen LogP contribution in [0.1, 0.15) is 0 Å². The van der Waals surface area contributed by atoms with Gasteiger partial charge in [0.25, 0.3) is 0 Å². The van der Waals surface area contributed by atoms with Gasteiger partial charge in [-0.25, -0.2) is 0 Å². The molecule has 0 aliphatic carbocycles. The van der Waals surface area contributed by atoms with Crippen LogP contribution in [0.15, 0.2) is 24.3 Å². The third kappa shape index (κ3) is 2.99. The summed E-state index contributed by atoms with van der Waals surface area (Å²) in [6, 6.07) is 9.08. The summed E-state index contributed by atoms with van der Waals surface area (Å²) in [7, 11) is -1.59. The van der Waals surface area contributed by atoms with Crippen molar-refractivity contribution in [1.29, 1.82) is 0 Å². The molecular weight excluding hydrogens is 257 g/mol. The molecule has 0 bridgehead atoms. The average Bonchev–Trinajstić information content (AvgIpc) is 2.17. The van der Waals surface area contributed by atoms with E-state index in [4.69, 9.17) is 6.42 Å². The van der Waals surface area contributed by atoms with Crippen molar-refractivity contribution in [3.05, 3.63) is 24.3 Å². The van der Waals surface area contributed by atoms with Gasteiger partial charge in [-0.2, -0.15) is 0 Å². The fraction of sp³-hybridized carbons (Fsp3) is 0.385. The van der Waals surface area contributed by atoms with Crippen molar-refractivity contribution in [2.45, 2.75) is 30.4 Å². The molecule has 0 amide bonds. The summed E-state index contributed by atoms with van der Waals surface area (Å²) in [5, 5.41) is 1.38. The fourth-order valence-electron chi connectivity index (χ4n) is 1.47. The van der Waals surface area contributed by atoms with Crippen LogP contribution in [0.5, 0.6) is 0 Å². The van der Waals surface area contributed by atoms with Gasteiger partial charge in [-0.05, 0) is 0 Å².